The van der Waals surface area contributed by atoms with Gasteiger partial charge in [0, 0.05) is 12.1 Å². The molecule has 0 aliphatic rings. The molecule has 0 aliphatic carbocycles. The van der Waals surface area contributed by atoms with Gasteiger partial charge in [0.05, 0.1) is 0 Å². The van der Waals surface area contributed by atoms with Crippen molar-refractivity contribution < 1.29 is 4.39 Å². The minimum atomic E-state index is -0.0967. The van der Waals surface area contributed by atoms with Crippen molar-refractivity contribution in [2.45, 2.75) is 46.1 Å². The number of benzene rings is 1. The van der Waals surface area contributed by atoms with Crippen LogP contribution in [0, 0.1) is 11.7 Å². The van der Waals surface area contributed by atoms with Crippen molar-refractivity contribution in [2.75, 3.05) is 26.7 Å². The first-order chi connectivity index (χ1) is 10.1. The third-order valence-electron chi connectivity index (χ3n) is 3.59. The molecule has 0 bridgehead atoms. The molecule has 0 aromatic heterocycles. The van der Waals surface area contributed by atoms with E-state index in [0.717, 1.165) is 31.1 Å². The van der Waals surface area contributed by atoms with Gasteiger partial charge in [0.25, 0.3) is 0 Å². The number of rotatable bonds is 11. The average Bonchev–Trinajstić information content (AvgIpc) is 2.44. The second-order valence-corrected chi connectivity index (χ2v) is 6.34. The number of hydrogen-bond donors (Lipinski definition) is 1. The maximum absolute atomic E-state index is 13.5. The van der Waals surface area contributed by atoms with E-state index in [4.69, 9.17) is 0 Å². The predicted octanol–water partition coefficient (Wildman–Crippen LogP) is 4.06. The quantitative estimate of drug-likeness (QED) is 0.619. The van der Waals surface area contributed by atoms with E-state index in [2.05, 4.69) is 31.1 Å². The van der Waals surface area contributed by atoms with Crippen molar-refractivity contribution in [1.82, 2.24) is 10.2 Å². The Hall–Kier alpha value is -0.930. The van der Waals surface area contributed by atoms with Gasteiger partial charge in [0.2, 0.25) is 0 Å². The summed E-state index contributed by atoms with van der Waals surface area (Å²) in [6.07, 6.45) is 4.97. The Morgan fingerprint density at radius 2 is 1.81 bits per heavy atom. The highest BCUT2D eigenvalue weighted by Crippen LogP contribution is 2.09. The van der Waals surface area contributed by atoms with Crippen LogP contribution in [-0.4, -0.2) is 31.6 Å². The highest BCUT2D eigenvalue weighted by molar-refractivity contribution is 5.16. The minimum Gasteiger partial charge on any atom is -0.316 e. The molecule has 3 heteroatoms. The lowest BCUT2D eigenvalue weighted by Crippen LogP contribution is -2.21. The van der Waals surface area contributed by atoms with E-state index in [9.17, 15) is 4.39 Å². The van der Waals surface area contributed by atoms with Crippen molar-refractivity contribution >= 4 is 0 Å². The molecule has 0 heterocycles. The summed E-state index contributed by atoms with van der Waals surface area (Å²) in [4.78, 5) is 2.20. The topological polar surface area (TPSA) is 15.3 Å². The first kappa shape index (κ1) is 18.1. The predicted molar refractivity (Wildman–Crippen MR) is 88.9 cm³/mol. The van der Waals surface area contributed by atoms with Crippen LogP contribution in [0.5, 0.6) is 0 Å². The lowest BCUT2D eigenvalue weighted by atomic mass is 10.1. The summed E-state index contributed by atoms with van der Waals surface area (Å²) in [5, 5.41) is 3.47. The molecule has 0 spiro atoms. The summed E-state index contributed by atoms with van der Waals surface area (Å²) in [6, 6.07) is 7.04. The van der Waals surface area contributed by atoms with Crippen molar-refractivity contribution in [2.24, 2.45) is 5.92 Å². The average molecular weight is 294 g/mol. The first-order valence-electron chi connectivity index (χ1n) is 8.22. The van der Waals surface area contributed by atoms with Crippen LogP contribution >= 0.6 is 0 Å². The third-order valence-corrected chi connectivity index (χ3v) is 3.59. The minimum absolute atomic E-state index is 0.0967. The van der Waals surface area contributed by atoms with E-state index < -0.39 is 0 Å². The standard InChI is InChI=1S/C18H31FN2/c1-16(2)14-20-12-8-4-5-9-13-21(3)15-17-10-6-7-11-18(17)19/h6-7,10-11,16,20H,4-5,8-9,12-15H2,1-3H3. The number of nitrogens with one attached hydrogen (secondary N) is 1. The maximum atomic E-state index is 13.5. The summed E-state index contributed by atoms with van der Waals surface area (Å²) < 4.78 is 13.5. The lowest BCUT2D eigenvalue weighted by Gasteiger charge is -2.17. The molecule has 0 fully saturated rings. The molecule has 120 valence electrons. The Bertz CT molecular complexity index is 379. The van der Waals surface area contributed by atoms with Gasteiger partial charge in [-0.2, -0.15) is 0 Å². The van der Waals surface area contributed by atoms with Crippen LogP contribution in [0.3, 0.4) is 0 Å². The van der Waals surface area contributed by atoms with Crippen molar-refractivity contribution in [3.8, 4) is 0 Å². The maximum Gasteiger partial charge on any atom is 0.127 e. The zero-order chi connectivity index (χ0) is 15.5. The van der Waals surface area contributed by atoms with E-state index in [1.807, 2.05) is 12.1 Å². The second-order valence-electron chi connectivity index (χ2n) is 6.34. The Morgan fingerprint density at radius 1 is 1.10 bits per heavy atom. The van der Waals surface area contributed by atoms with Gasteiger partial charge in [0.15, 0.2) is 0 Å². The zero-order valence-electron chi connectivity index (χ0n) is 13.9. The number of hydrogen-bond acceptors (Lipinski definition) is 2. The monoisotopic (exact) mass is 294 g/mol. The van der Waals surface area contributed by atoms with E-state index in [1.54, 1.807) is 6.07 Å². The molecule has 0 aliphatic heterocycles. The van der Waals surface area contributed by atoms with Gasteiger partial charge < -0.3 is 10.2 Å². The molecule has 0 saturated carbocycles. The van der Waals surface area contributed by atoms with Gasteiger partial charge in [-0.3, -0.25) is 0 Å². The zero-order valence-corrected chi connectivity index (χ0v) is 13.9. The first-order valence-corrected chi connectivity index (χ1v) is 8.22. The fourth-order valence-electron chi connectivity index (χ4n) is 2.37. The smallest absolute Gasteiger partial charge is 0.127 e. The molecule has 21 heavy (non-hydrogen) atoms. The molecule has 1 aromatic carbocycles. The van der Waals surface area contributed by atoms with Gasteiger partial charge >= 0.3 is 0 Å². The van der Waals surface area contributed by atoms with Crippen molar-refractivity contribution in [3.05, 3.63) is 35.6 Å². The Labute approximate surface area is 129 Å². The van der Waals surface area contributed by atoms with E-state index >= 15 is 0 Å². The third kappa shape index (κ3) is 8.84. The molecule has 0 amide bonds. The molecule has 0 radical (unpaired) electrons. The largest absolute Gasteiger partial charge is 0.316 e. The summed E-state index contributed by atoms with van der Waals surface area (Å²) in [6.45, 7) is 8.45. The molecule has 0 saturated heterocycles. The van der Waals surface area contributed by atoms with Crippen LogP contribution in [0.1, 0.15) is 45.1 Å². The number of unbranched alkanes of at least 4 members (excludes halogenated alkanes) is 3. The summed E-state index contributed by atoms with van der Waals surface area (Å²) in [5.41, 5.74) is 0.790. The molecule has 0 atom stereocenters. The molecular formula is C18H31FN2. The second kappa shape index (κ2) is 10.7. The van der Waals surface area contributed by atoms with Crippen LogP contribution in [-0.2, 0) is 6.54 Å². The van der Waals surface area contributed by atoms with Crippen LogP contribution in [0.2, 0.25) is 0 Å². The lowest BCUT2D eigenvalue weighted by molar-refractivity contribution is 0.311. The molecule has 1 aromatic rings. The van der Waals surface area contributed by atoms with E-state index in [-0.39, 0.29) is 5.82 Å². The molecule has 1 N–H and O–H groups in total. The van der Waals surface area contributed by atoms with Crippen LogP contribution in [0.4, 0.5) is 4.39 Å². The van der Waals surface area contributed by atoms with Crippen molar-refractivity contribution in [3.63, 3.8) is 0 Å². The molecular weight excluding hydrogens is 263 g/mol. The van der Waals surface area contributed by atoms with Gasteiger partial charge in [-0.15, -0.1) is 0 Å². The number of halogens is 1. The fraction of sp³-hybridized carbons (Fsp3) is 0.667. The summed E-state index contributed by atoms with van der Waals surface area (Å²) >= 11 is 0. The van der Waals surface area contributed by atoms with Crippen LogP contribution in [0.25, 0.3) is 0 Å². The van der Waals surface area contributed by atoms with E-state index in [1.165, 1.54) is 31.7 Å². The SMILES string of the molecule is CC(C)CNCCCCCCN(C)Cc1ccccc1F. The van der Waals surface area contributed by atoms with E-state index in [0.29, 0.717) is 6.54 Å². The van der Waals surface area contributed by atoms with Gasteiger partial charge in [0.1, 0.15) is 5.82 Å². The molecule has 2 nitrogen and oxygen atoms in total. The molecule has 0 unspecified atom stereocenters. The van der Waals surface area contributed by atoms with Crippen LogP contribution in [0.15, 0.2) is 24.3 Å². The summed E-state index contributed by atoms with van der Waals surface area (Å²) in [5.74, 6) is 0.637. The summed E-state index contributed by atoms with van der Waals surface area (Å²) in [7, 11) is 2.07. The fourth-order valence-corrected chi connectivity index (χ4v) is 2.37. The highest BCUT2D eigenvalue weighted by Gasteiger charge is 2.04. The molecule has 1 rings (SSSR count). The van der Waals surface area contributed by atoms with Crippen molar-refractivity contribution in [1.29, 1.82) is 0 Å². The van der Waals surface area contributed by atoms with Gasteiger partial charge in [-0.1, -0.05) is 44.9 Å². The Morgan fingerprint density at radius 3 is 2.52 bits per heavy atom. The Balaban J connectivity index is 2.01. The highest BCUT2D eigenvalue weighted by atomic mass is 19.1. The van der Waals surface area contributed by atoms with Gasteiger partial charge in [-0.25, -0.2) is 4.39 Å². The normalized spacial score (nSPS) is 11.5. The number of nitrogens with zero attached hydrogens (tertiary/aromatic N) is 1. The van der Waals surface area contributed by atoms with Gasteiger partial charge in [-0.05, 0) is 51.5 Å². The van der Waals surface area contributed by atoms with Crippen LogP contribution < -0.4 is 5.32 Å². The Kier molecular flexibility index (Phi) is 9.27.